The predicted octanol–water partition coefficient (Wildman–Crippen LogP) is 4.51. The highest BCUT2D eigenvalue weighted by Gasteiger charge is 2.07. The molecule has 0 N–H and O–H groups in total. The molecule has 2 rings (SSSR count). The summed E-state index contributed by atoms with van der Waals surface area (Å²) in [6.07, 6.45) is 1.90. The molecule has 17 heavy (non-hydrogen) atoms. The van der Waals surface area contributed by atoms with Gasteiger partial charge in [0, 0.05) is 17.0 Å². The van der Waals surface area contributed by atoms with Crippen molar-refractivity contribution in [2.24, 2.45) is 0 Å². The predicted molar refractivity (Wildman–Crippen MR) is 74.2 cm³/mol. The van der Waals surface area contributed by atoms with E-state index in [1.54, 1.807) is 0 Å². The maximum atomic E-state index is 6.16. The molecule has 1 aromatic heterocycles. The minimum absolute atomic E-state index is 0.709. The molecule has 1 heterocycles. The monoisotopic (exact) mass is 310 g/mol. The third-order valence-electron chi connectivity index (χ3n) is 2.36. The number of halogens is 2. The van der Waals surface area contributed by atoms with E-state index >= 15 is 0 Å². The maximum Gasteiger partial charge on any atom is 0.130 e. The molecule has 0 fully saturated rings. The van der Waals surface area contributed by atoms with Crippen molar-refractivity contribution in [1.82, 2.24) is 9.97 Å². The Labute approximate surface area is 114 Å². The lowest BCUT2D eigenvalue weighted by atomic mass is 10.1. The summed E-state index contributed by atoms with van der Waals surface area (Å²) < 4.78 is 0.797. The molecular formula is C13H12BrClN2. The normalized spacial score (nSPS) is 10.5. The van der Waals surface area contributed by atoms with Gasteiger partial charge in [0.2, 0.25) is 0 Å². The SMILES string of the molecule is CCCc1nc(Br)cc(-c2ccccc2Cl)n1. The van der Waals surface area contributed by atoms with Gasteiger partial charge in [-0.2, -0.15) is 0 Å². The van der Waals surface area contributed by atoms with E-state index < -0.39 is 0 Å². The highest BCUT2D eigenvalue weighted by atomic mass is 79.9. The van der Waals surface area contributed by atoms with Crippen molar-refractivity contribution < 1.29 is 0 Å². The van der Waals surface area contributed by atoms with Crippen LogP contribution in [0, 0.1) is 0 Å². The lowest BCUT2D eigenvalue weighted by molar-refractivity contribution is 0.831. The molecule has 0 unspecified atom stereocenters. The largest absolute Gasteiger partial charge is 0.233 e. The first kappa shape index (κ1) is 12.5. The zero-order valence-corrected chi connectivity index (χ0v) is 11.8. The van der Waals surface area contributed by atoms with Crippen molar-refractivity contribution in [3.05, 3.63) is 45.8 Å². The number of rotatable bonds is 3. The van der Waals surface area contributed by atoms with Crippen molar-refractivity contribution in [2.75, 3.05) is 0 Å². The van der Waals surface area contributed by atoms with E-state index in [0.717, 1.165) is 34.5 Å². The van der Waals surface area contributed by atoms with Crippen molar-refractivity contribution >= 4 is 27.5 Å². The second-order valence-corrected chi connectivity index (χ2v) is 4.94. The van der Waals surface area contributed by atoms with Gasteiger partial charge in [-0.25, -0.2) is 9.97 Å². The Morgan fingerprint density at radius 3 is 2.71 bits per heavy atom. The van der Waals surface area contributed by atoms with Crippen LogP contribution in [0.5, 0.6) is 0 Å². The lowest BCUT2D eigenvalue weighted by Gasteiger charge is -2.06. The van der Waals surface area contributed by atoms with Crippen LogP contribution in [-0.4, -0.2) is 9.97 Å². The maximum absolute atomic E-state index is 6.16. The van der Waals surface area contributed by atoms with Gasteiger partial charge in [0.25, 0.3) is 0 Å². The second kappa shape index (κ2) is 5.61. The Hall–Kier alpha value is -0.930. The fraction of sp³-hybridized carbons (Fsp3) is 0.231. The number of nitrogens with zero attached hydrogens (tertiary/aromatic N) is 2. The molecule has 0 saturated carbocycles. The van der Waals surface area contributed by atoms with Crippen molar-refractivity contribution in [3.8, 4) is 11.3 Å². The molecule has 0 radical (unpaired) electrons. The van der Waals surface area contributed by atoms with Crippen molar-refractivity contribution in [1.29, 1.82) is 0 Å². The summed E-state index contributed by atoms with van der Waals surface area (Å²) in [7, 11) is 0. The molecular weight excluding hydrogens is 300 g/mol. The van der Waals surface area contributed by atoms with Crippen LogP contribution < -0.4 is 0 Å². The second-order valence-electron chi connectivity index (χ2n) is 3.72. The van der Waals surface area contributed by atoms with E-state index in [-0.39, 0.29) is 0 Å². The van der Waals surface area contributed by atoms with E-state index in [9.17, 15) is 0 Å². The molecule has 0 bridgehead atoms. The van der Waals surface area contributed by atoms with Crippen LogP contribution in [0.3, 0.4) is 0 Å². The summed E-state index contributed by atoms with van der Waals surface area (Å²) in [5.41, 5.74) is 1.80. The molecule has 4 heteroatoms. The van der Waals surface area contributed by atoms with Gasteiger partial charge in [-0.3, -0.25) is 0 Å². The van der Waals surface area contributed by atoms with E-state index in [4.69, 9.17) is 11.6 Å². The molecule has 0 saturated heterocycles. The summed E-state index contributed by atoms with van der Waals surface area (Å²) in [6, 6.07) is 9.59. The number of benzene rings is 1. The molecule has 0 aliphatic rings. The standard InChI is InChI=1S/C13H12BrClN2/c1-2-5-13-16-11(8-12(14)17-13)9-6-3-4-7-10(9)15/h3-4,6-8H,2,5H2,1H3. The highest BCUT2D eigenvalue weighted by Crippen LogP contribution is 2.27. The molecule has 1 aromatic carbocycles. The first-order valence-corrected chi connectivity index (χ1v) is 6.66. The molecule has 0 aliphatic heterocycles. The average molecular weight is 312 g/mol. The highest BCUT2D eigenvalue weighted by molar-refractivity contribution is 9.10. The first-order valence-electron chi connectivity index (χ1n) is 5.49. The van der Waals surface area contributed by atoms with Gasteiger partial charge in [-0.05, 0) is 34.5 Å². The Morgan fingerprint density at radius 1 is 1.24 bits per heavy atom. The number of aryl methyl sites for hydroxylation is 1. The summed E-state index contributed by atoms with van der Waals surface area (Å²) in [6.45, 7) is 2.11. The minimum Gasteiger partial charge on any atom is -0.233 e. The number of aromatic nitrogens is 2. The third-order valence-corrected chi connectivity index (χ3v) is 3.10. The molecule has 2 nitrogen and oxygen atoms in total. The zero-order valence-electron chi connectivity index (χ0n) is 9.45. The van der Waals surface area contributed by atoms with Crippen LogP contribution in [0.15, 0.2) is 34.9 Å². The Kier molecular flexibility index (Phi) is 4.13. The molecule has 0 amide bonds. The van der Waals surface area contributed by atoms with Crippen LogP contribution >= 0.6 is 27.5 Å². The molecule has 0 atom stereocenters. The quantitative estimate of drug-likeness (QED) is 0.779. The zero-order chi connectivity index (χ0) is 12.3. The minimum atomic E-state index is 0.709. The summed E-state index contributed by atoms with van der Waals surface area (Å²) in [5.74, 6) is 0.844. The van der Waals surface area contributed by atoms with Crippen LogP contribution in [0.2, 0.25) is 5.02 Å². The van der Waals surface area contributed by atoms with Gasteiger partial charge in [-0.15, -0.1) is 0 Å². The Morgan fingerprint density at radius 2 is 2.00 bits per heavy atom. The molecule has 0 spiro atoms. The van der Waals surface area contributed by atoms with Crippen molar-refractivity contribution in [3.63, 3.8) is 0 Å². The van der Waals surface area contributed by atoms with E-state index in [1.165, 1.54) is 0 Å². The Bertz CT molecular complexity index is 529. The van der Waals surface area contributed by atoms with E-state index in [1.807, 2.05) is 30.3 Å². The van der Waals surface area contributed by atoms with E-state index in [2.05, 4.69) is 32.8 Å². The lowest BCUT2D eigenvalue weighted by Crippen LogP contribution is -1.97. The summed E-state index contributed by atoms with van der Waals surface area (Å²) in [4.78, 5) is 8.87. The van der Waals surface area contributed by atoms with Crippen LogP contribution in [0.4, 0.5) is 0 Å². The fourth-order valence-corrected chi connectivity index (χ4v) is 2.26. The molecule has 2 aromatic rings. The van der Waals surface area contributed by atoms with Gasteiger partial charge in [0.15, 0.2) is 0 Å². The van der Waals surface area contributed by atoms with Gasteiger partial charge in [0.05, 0.1) is 5.69 Å². The first-order chi connectivity index (χ1) is 8.20. The average Bonchev–Trinajstić information content (AvgIpc) is 2.29. The summed E-state index contributed by atoms with van der Waals surface area (Å²) in [5, 5.41) is 0.709. The molecule has 0 aliphatic carbocycles. The summed E-state index contributed by atoms with van der Waals surface area (Å²) >= 11 is 9.58. The van der Waals surface area contributed by atoms with E-state index in [0.29, 0.717) is 5.02 Å². The van der Waals surface area contributed by atoms with Gasteiger partial charge < -0.3 is 0 Å². The number of hydrogen-bond donors (Lipinski definition) is 0. The van der Waals surface area contributed by atoms with Crippen LogP contribution in [0.25, 0.3) is 11.3 Å². The Balaban J connectivity index is 2.48. The molecule has 88 valence electrons. The van der Waals surface area contributed by atoms with Crippen LogP contribution in [-0.2, 0) is 6.42 Å². The number of hydrogen-bond acceptors (Lipinski definition) is 2. The van der Waals surface area contributed by atoms with Crippen molar-refractivity contribution in [2.45, 2.75) is 19.8 Å². The van der Waals surface area contributed by atoms with Gasteiger partial charge in [0.1, 0.15) is 10.4 Å². The van der Waals surface area contributed by atoms with Gasteiger partial charge >= 0.3 is 0 Å². The fourth-order valence-electron chi connectivity index (χ4n) is 1.61. The van der Waals surface area contributed by atoms with Crippen LogP contribution in [0.1, 0.15) is 19.2 Å². The van der Waals surface area contributed by atoms with Gasteiger partial charge in [-0.1, -0.05) is 36.7 Å². The third kappa shape index (κ3) is 3.05. The topological polar surface area (TPSA) is 25.8 Å². The smallest absolute Gasteiger partial charge is 0.130 e.